The molecule has 0 radical (unpaired) electrons. The van der Waals surface area contributed by atoms with Gasteiger partial charge in [-0.1, -0.05) is 36.3 Å². The van der Waals surface area contributed by atoms with Crippen LogP contribution >= 0.6 is 0 Å². The van der Waals surface area contributed by atoms with E-state index in [4.69, 9.17) is 4.42 Å². The van der Waals surface area contributed by atoms with Crippen molar-refractivity contribution >= 4 is 12.0 Å². The van der Waals surface area contributed by atoms with Crippen LogP contribution in [0.15, 0.2) is 47.3 Å². The fourth-order valence-corrected chi connectivity index (χ4v) is 4.64. The van der Waals surface area contributed by atoms with Crippen molar-refractivity contribution < 1.29 is 4.42 Å². The number of nitrogens with zero attached hydrogens (tertiary/aromatic N) is 7. The van der Waals surface area contributed by atoms with Gasteiger partial charge in [-0.05, 0) is 30.4 Å². The van der Waals surface area contributed by atoms with Crippen LogP contribution in [0.3, 0.4) is 0 Å². The van der Waals surface area contributed by atoms with Gasteiger partial charge in [0.25, 0.3) is 5.89 Å². The molecule has 4 aromatic rings. The quantitative estimate of drug-likeness (QED) is 0.492. The van der Waals surface area contributed by atoms with Crippen molar-refractivity contribution in [3.63, 3.8) is 0 Å². The minimum atomic E-state index is -0.0992. The van der Waals surface area contributed by atoms with Crippen molar-refractivity contribution in [1.82, 2.24) is 35.6 Å². The van der Waals surface area contributed by atoms with E-state index in [0.29, 0.717) is 29.5 Å². The van der Waals surface area contributed by atoms with Crippen LogP contribution in [0.2, 0.25) is 0 Å². The Morgan fingerprint density at radius 3 is 2.59 bits per heavy atom. The van der Waals surface area contributed by atoms with Crippen molar-refractivity contribution in [2.45, 2.75) is 37.6 Å². The zero-order valence-corrected chi connectivity index (χ0v) is 17.7. The van der Waals surface area contributed by atoms with Crippen LogP contribution in [-0.2, 0) is 18.3 Å². The first-order chi connectivity index (χ1) is 15.7. The van der Waals surface area contributed by atoms with Crippen LogP contribution in [0.5, 0.6) is 0 Å². The molecule has 2 N–H and O–H groups in total. The minimum Gasteiger partial charge on any atom is -0.403 e. The maximum atomic E-state index is 5.94. The Hall–Kier alpha value is -3.82. The van der Waals surface area contributed by atoms with Crippen LogP contribution in [0.4, 0.5) is 12.0 Å². The standard InChI is InChI=1S/C22H23N9O/c1-22(18-12-25-30-27-18)6-7-31(13-22)21-29-28-19(32-21)16-10-23-20(24-11-16)26-17-8-14-4-2-3-5-15(14)9-17/h2-5,10-12,17H,6-9,13H2,1H3,(H,23,24,26)(H,25,27,30). The molecule has 1 unspecified atom stereocenters. The number of rotatable bonds is 5. The lowest BCUT2D eigenvalue weighted by atomic mass is 9.87. The van der Waals surface area contributed by atoms with Gasteiger partial charge in [-0.25, -0.2) is 9.97 Å². The molecule has 162 valence electrons. The average molecular weight is 429 g/mol. The van der Waals surface area contributed by atoms with E-state index in [1.807, 2.05) is 0 Å². The molecule has 1 aliphatic carbocycles. The normalized spacial score (nSPS) is 20.6. The van der Waals surface area contributed by atoms with E-state index in [1.165, 1.54) is 11.1 Å². The fourth-order valence-electron chi connectivity index (χ4n) is 4.64. The molecule has 0 bridgehead atoms. The molecule has 1 fully saturated rings. The summed E-state index contributed by atoms with van der Waals surface area (Å²) in [6, 6.07) is 9.34. The SMILES string of the molecule is CC1(c2cn[nH]n2)CCN(c2nnc(-c3cnc(NC4Cc5ccccc5C4)nc3)o2)C1. The lowest BCUT2D eigenvalue weighted by Gasteiger charge is -2.20. The van der Waals surface area contributed by atoms with Gasteiger partial charge in [0.1, 0.15) is 0 Å². The predicted molar refractivity (Wildman–Crippen MR) is 117 cm³/mol. The van der Waals surface area contributed by atoms with Gasteiger partial charge in [0.05, 0.1) is 17.5 Å². The van der Waals surface area contributed by atoms with E-state index in [-0.39, 0.29) is 5.41 Å². The first kappa shape index (κ1) is 18.9. The highest BCUT2D eigenvalue weighted by Crippen LogP contribution is 2.35. The van der Waals surface area contributed by atoms with Crippen LogP contribution in [0.1, 0.15) is 30.2 Å². The number of hydrogen-bond acceptors (Lipinski definition) is 9. The molecular formula is C22H23N9O. The summed E-state index contributed by atoms with van der Waals surface area (Å²) < 4.78 is 5.94. The molecule has 10 nitrogen and oxygen atoms in total. The smallest absolute Gasteiger partial charge is 0.318 e. The Morgan fingerprint density at radius 2 is 1.88 bits per heavy atom. The Labute approximate surface area is 184 Å². The summed E-state index contributed by atoms with van der Waals surface area (Å²) in [7, 11) is 0. The Kier molecular flexibility index (Phi) is 4.37. The molecule has 2 aliphatic rings. The van der Waals surface area contributed by atoms with Crippen molar-refractivity contribution in [2.75, 3.05) is 23.3 Å². The summed E-state index contributed by atoms with van der Waals surface area (Å²) in [6.45, 7) is 3.73. The van der Waals surface area contributed by atoms with Crippen molar-refractivity contribution in [3.8, 4) is 11.5 Å². The van der Waals surface area contributed by atoms with Gasteiger partial charge in [-0.15, -0.1) is 5.10 Å². The third-order valence-corrected chi connectivity index (χ3v) is 6.47. The lowest BCUT2D eigenvalue weighted by Crippen LogP contribution is -2.28. The van der Waals surface area contributed by atoms with E-state index in [9.17, 15) is 0 Å². The van der Waals surface area contributed by atoms with E-state index in [0.717, 1.165) is 38.0 Å². The molecule has 0 amide bonds. The average Bonchev–Trinajstić information content (AvgIpc) is 3.59. The second kappa shape index (κ2) is 7.40. The molecule has 1 aliphatic heterocycles. The van der Waals surface area contributed by atoms with Gasteiger partial charge >= 0.3 is 6.01 Å². The number of fused-ring (bicyclic) bond motifs is 1. The van der Waals surface area contributed by atoms with E-state index in [1.54, 1.807) is 18.6 Å². The number of H-pyrrole nitrogens is 1. The second-order valence-electron chi connectivity index (χ2n) is 8.79. The maximum Gasteiger partial charge on any atom is 0.318 e. The molecule has 1 aromatic carbocycles. The van der Waals surface area contributed by atoms with Crippen LogP contribution in [0.25, 0.3) is 11.5 Å². The monoisotopic (exact) mass is 429 g/mol. The third kappa shape index (κ3) is 3.37. The van der Waals surface area contributed by atoms with Gasteiger partial charge < -0.3 is 14.6 Å². The Morgan fingerprint density at radius 1 is 1.09 bits per heavy atom. The van der Waals surface area contributed by atoms with Crippen molar-refractivity contribution in [1.29, 1.82) is 0 Å². The Balaban J connectivity index is 1.12. The van der Waals surface area contributed by atoms with Gasteiger partial charge in [-0.3, -0.25) is 0 Å². The number of aromatic amines is 1. The predicted octanol–water partition coefficient (Wildman–Crippen LogP) is 2.39. The molecule has 10 heteroatoms. The van der Waals surface area contributed by atoms with Crippen LogP contribution < -0.4 is 10.2 Å². The van der Waals surface area contributed by atoms with Crippen LogP contribution in [-0.4, -0.2) is 54.7 Å². The molecule has 6 rings (SSSR count). The first-order valence-corrected chi connectivity index (χ1v) is 10.8. The van der Waals surface area contributed by atoms with E-state index >= 15 is 0 Å². The van der Waals surface area contributed by atoms with Crippen molar-refractivity contribution in [3.05, 3.63) is 59.7 Å². The number of anilines is 2. The fraction of sp³-hybridized carbons (Fsp3) is 0.364. The van der Waals surface area contributed by atoms with E-state index < -0.39 is 0 Å². The molecule has 3 aromatic heterocycles. The van der Waals surface area contributed by atoms with Crippen molar-refractivity contribution in [2.24, 2.45) is 0 Å². The summed E-state index contributed by atoms with van der Waals surface area (Å²) in [4.78, 5) is 11.0. The number of benzene rings is 1. The molecule has 1 atom stereocenters. The number of aromatic nitrogens is 7. The van der Waals surface area contributed by atoms with Gasteiger partial charge in [-0.2, -0.15) is 15.4 Å². The highest BCUT2D eigenvalue weighted by molar-refractivity contribution is 5.52. The highest BCUT2D eigenvalue weighted by Gasteiger charge is 2.39. The summed E-state index contributed by atoms with van der Waals surface area (Å²) in [5.41, 5.74) is 4.32. The van der Waals surface area contributed by atoms with Crippen LogP contribution in [0, 0.1) is 0 Å². The van der Waals surface area contributed by atoms with Gasteiger partial charge in [0, 0.05) is 36.9 Å². The molecule has 4 heterocycles. The second-order valence-corrected chi connectivity index (χ2v) is 8.79. The molecular weight excluding hydrogens is 406 g/mol. The highest BCUT2D eigenvalue weighted by atomic mass is 16.4. The zero-order valence-electron chi connectivity index (χ0n) is 17.7. The third-order valence-electron chi connectivity index (χ3n) is 6.47. The lowest BCUT2D eigenvalue weighted by molar-refractivity contribution is 0.503. The largest absolute Gasteiger partial charge is 0.403 e. The number of hydrogen-bond donors (Lipinski definition) is 2. The van der Waals surface area contributed by atoms with Gasteiger partial charge in [0.2, 0.25) is 5.95 Å². The topological polar surface area (TPSA) is 122 Å². The Bertz CT molecular complexity index is 1200. The maximum absolute atomic E-state index is 5.94. The molecule has 32 heavy (non-hydrogen) atoms. The molecule has 1 saturated heterocycles. The first-order valence-electron chi connectivity index (χ1n) is 10.8. The number of nitrogens with one attached hydrogen (secondary N) is 2. The summed E-state index contributed by atoms with van der Waals surface area (Å²) >= 11 is 0. The summed E-state index contributed by atoms with van der Waals surface area (Å²) in [5, 5.41) is 22.8. The zero-order chi connectivity index (χ0) is 21.5. The summed E-state index contributed by atoms with van der Waals surface area (Å²) in [6.07, 6.45) is 8.12. The van der Waals surface area contributed by atoms with E-state index in [2.05, 4.69) is 77.0 Å². The summed E-state index contributed by atoms with van der Waals surface area (Å²) in [5.74, 6) is 1.02. The molecule has 0 saturated carbocycles. The molecule has 0 spiro atoms. The minimum absolute atomic E-state index is 0.0992. The van der Waals surface area contributed by atoms with Gasteiger partial charge in [0.15, 0.2) is 0 Å².